The van der Waals surface area contributed by atoms with E-state index in [1.807, 2.05) is 34.9 Å². The molecule has 0 unspecified atom stereocenters. The Kier molecular flexibility index (Phi) is 5.62. The highest BCUT2D eigenvalue weighted by Crippen LogP contribution is 2.36. The zero-order valence-corrected chi connectivity index (χ0v) is 18.5. The normalized spacial score (nSPS) is 20.8. The number of fused-ring (bicyclic) bond motifs is 5. The lowest BCUT2D eigenvalue weighted by Crippen LogP contribution is -2.48. The van der Waals surface area contributed by atoms with Gasteiger partial charge in [0.15, 0.2) is 11.5 Å². The van der Waals surface area contributed by atoms with E-state index in [0.717, 1.165) is 47.4 Å². The number of benzene rings is 1. The SMILES string of the molecule is O=C(CSC(=S)N1C[C@H]2C[C@@H](C1)c1cccc(=O)n1C2)NCc1ccc2c(c1)OCO2. The molecule has 5 rings (SSSR count). The largest absolute Gasteiger partial charge is 0.454 e. The zero-order valence-electron chi connectivity index (χ0n) is 16.9. The fourth-order valence-electron chi connectivity index (χ4n) is 4.57. The highest BCUT2D eigenvalue weighted by Gasteiger charge is 2.35. The number of carbonyl (C=O) groups excluding carboxylic acids is 1. The predicted octanol–water partition coefficient (Wildman–Crippen LogP) is 2.33. The van der Waals surface area contributed by atoms with E-state index in [-0.39, 0.29) is 24.0 Å². The number of rotatable bonds is 4. The first-order valence-corrected chi connectivity index (χ1v) is 11.7. The smallest absolute Gasteiger partial charge is 0.250 e. The van der Waals surface area contributed by atoms with Crippen LogP contribution in [0.5, 0.6) is 11.5 Å². The number of pyridine rings is 1. The Morgan fingerprint density at radius 2 is 2.03 bits per heavy atom. The fourth-order valence-corrected chi connectivity index (χ4v) is 5.58. The summed E-state index contributed by atoms with van der Waals surface area (Å²) in [7, 11) is 0. The van der Waals surface area contributed by atoms with E-state index >= 15 is 0 Å². The van der Waals surface area contributed by atoms with E-state index < -0.39 is 0 Å². The number of thioether (sulfide) groups is 1. The number of likely N-dealkylation sites (tertiary alicyclic amines) is 1. The second-order valence-electron chi connectivity index (χ2n) is 8.12. The molecular formula is C22H23N3O4S2. The molecule has 2 aromatic rings. The first-order valence-electron chi connectivity index (χ1n) is 10.3. The van der Waals surface area contributed by atoms with Gasteiger partial charge in [-0.25, -0.2) is 0 Å². The van der Waals surface area contributed by atoms with Crippen molar-refractivity contribution in [2.45, 2.75) is 25.4 Å². The van der Waals surface area contributed by atoms with Crippen LogP contribution in [0.3, 0.4) is 0 Å². The van der Waals surface area contributed by atoms with Crippen LogP contribution < -0.4 is 20.3 Å². The summed E-state index contributed by atoms with van der Waals surface area (Å²) >= 11 is 7.04. The van der Waals surface area contributed by atoms with Gasteiger partial charge in [-0.05, 0) is 36.1 Å². The summed E-state index contributed by atoms with van der Waals surface area (Å²) in [6, 6.07) is 11.2. The number of nitrogens with zero attached hydrogens (tertiary/aromatic N) is 2. The molecule has 31 heavy (non-hydrogen) atoms. The molecule has 9 heteroatoms. The van der Waals surface area contributed by atoms with Crippen LogP contribution in [-0.4, -0.2) is 45.3 Å². The molecule has 2 bridgehead atoms. The van der Waals surface area contributed by atoms with Crippen molar-refractivity contribution in [1.29, 1.82) is 0 Å². The van der Waals surface area contributed by atoms with Crippen LogP contribution in [0.15, 0.2) is 41.2 Å². The molecule has 0 saturated carbocycles. The van der Waals surface area contributed by atoms with Crippen molar-refractivity contribution in [2.75, 3.05) is 25.6 Å². The molecule has 2 atom stereocenters. The molecule has 3 aliphatic rings. The standard InChI is InChI=1S/C22H23N3O4S2/c26-20(23-8-14-4-5-18-19(7-14)29-13-28-18)12-31-22(30)24-9-15-6-16(11-24)17-2-1-3-21(27)25(17)10-15/h1-5,7,15-16H,6,8-13H2,(H,23,26)/t15-,16+/m1/s1. The number of piperidine rings is 1. The first kappa shape index (κ1) is 20.4. The van der Waals surface area contributed by atoms with Gasteiger partial charge in [-0.15, -0.1) is 0 Å². The molecule has 3 aliphatic heterocycles. The number of hydrogen-bond acceptors (Lipinski definition) is 6. The Morgan fingerprint density at radius 3 is 2.94 bits per heavy atom. The lowest BCUT2D eigenvalue weighted by atomic mass is 9.83. The number of aromatic nitrogens is 1. The molecule has 0 aliphatic carbocycles. The summed E-state index contributed by atoms with van der Waals surface area (Å²) in [4.78, 5) is 26.7. The monoisotopic (exact) mass is 457 g/mol. The molecule has 1 saturated heterocycles. The number of amides is 1. The van der Waals surface area contributed by atoms with Crippen molar-refractivity contribution in [3.8, 4) is 11.5 Å². The van der Waals surface area contributed by atoms with Crippen LogP contribution in [-0.2, 0) is 17.9 Å². The van der Waals surface area contributed by atoms with Gasteiger partial charge in [-0.1, -0.05) is 36.1 Å². The van der Waals surface area contributed by atoms with Crippen molar-refractivity contribution in [1.82, 2.24) is 14.8 Å². The van der Waals surface area contributed by atoms with Crippen molar-refractivity contribution < 1.29 is 14.3 Å². The maximum atomic E-state index is 12.3. The minimum atomic E-state index is -0.0564. The second-order valence-corrected chi connectivity index (χ2v) is 9.73. The highest BCUT2D eigenvalue weighted by molar-refractivity contribution is 8.23. The maximum absolute atomic E-state index is 12.3. The average molecular weight is 458 g/mol. The van der Waals surface area contributed by atoms with Gasteiger partial charge in [0.05, 0.1) is 5.75 Å². The van der Waals surface area contributed by atoms with E-state index in [1.165, 1.54) is 11.8 Å². The zero-order chi connectivity index (χ0) is 21.4. The molecular weight excluding hydrogens is 434 g/mol. The van der Waals surface area contributed by atoms with E-state index in [0.29, 0.717) is 24.1 Å². The summed E-state index contributed by atoms with van der Waals surface area (Å²) in [5, 5.41) is 2.94. The van der Waals surface area contributed by atoms with Crippen LogP contribution in [0.2, 0.25) is 0 Å². The average Bonchev–Trinajstić information content (AvgIpc) is 3.24. The number of carbonyl (C=O) groups is 1. The molecule has 7 nitrogen and oxygen atoms in total. The molecule has 1 N–H and O–H groups in total. The third-order valence-corrected chi connectivity index (χ3v) is 7.51. The van der Waals surface area contributed by atoms with Crippen LogP contribution in [0, 0.1) is 5.92 Å². The summed E-state index contributed by atoms with van der Waals surface area (Å²) in [5.41, 5.74) is 2.14. The van der Waals surface area contributed by atoms with Gasteiger partial charge in [0.25, 0.3) is 5.56 Å². The molecule has 1 aromatic carbocycles. The topological polar surface area (TPSA) is 72.8 Å². The number of hydrogen-bond donors (Lipinski definition) is 1. The number of thiocarbonyl (C=S) groups is 1. The van der Waals surface area contributed by atoms with Crippen molar-refractivity contribution >= 4 is 34.2 Å². The van der Waals surface area contributed by atoms with Gasteiger partial charge in [0, 0.05) is 43.9 Å². The summed E-state index contributed by atoms with van der Waals surface area (Å²) in [6.07, 6.45) is 1.09. The van der Waals surface area contributed by atoms with Gasteiger partial charge in [0.1, 0.15) is 4.32 Å². The molecule has 0 spiro atoms. The molecule has 162 valence electrons. The Balaban J connectivity index is 1.12. The van der Waals surface area contributed by atoms with E-state index in [1.54, 1.807) is 6.07 Å². The molecule has 1 fully saturated rings. The van der Waals surface area contributed by atoms with Crippen molar-refractivity contribution in [2.24, 2.45) is 5.92 Å². The summed E-state index contributed by atoms with van der Waals surface area (Å²) in [5.74, 6) is 2.38. The van der Waals surface area contributed by atoms with Gasteiger partial charge in [0.2, 0.25) is 12.7 Å². The number of nitrogens with one attached hydrogen (secondary N) is 1. The first-order chi connectivity index (χ1) is 15.1. The van der Waals surface area contributed by atoms with Crippen molar-refractivity contribution in [3.05, 3.63) is 58.0 Å². The Labute approximate surface area is 189 Å². The fraction of sp³-hybridized carbons (Fsp3) is 0.409. The highest BCUT2D eigenvalue weighted by atomic mass is 32.2. The minimum absolute atomic E-state index is 0.0564. The van der Waals surface area contributed by atoms with Crippen LogP contribution >= 0.6 is 24.0 Å². The Morgan fingerprint density at radius 1 is 1.16 bits per heavy atom. The van der Waals surface area contributed by atoms with Crippen LogP contribution in [0.1, 0.15) is 23.6 Å². The van der Waals surface area contributed by atoms with E-state index in [9.17, 15) is 9.59 Å². The summed E-state index contributed by atoms with van der Waals surface area (Å²) in [6.45, 7) is 3.04. The molecule has 0 radical (unpaired) electrons. The quantitative estimate of drug-likeness (QED) is 0.707. The van der Waals surface area contributed by atoms with E-state index in [4.69, 9.17) is 21.7 Å². The molecule has 1 amide bonds. The third kappa shape index (κ3) is 4.29. The van der Waals surface area contributed by atoms with Gasteiger partial charge < -0.3 is 24.3 Å². The lowest BCUT2D eigenvalue weighted by molar-refractivity contribution is -0.118. The van der Waals surface area contributed by atoms with Gasteiger partial charge >= 0.3 is 0 Å². The summed E-state index contributed by atoms with van der Waals surface area (Å²) < 4.78 is 13.3. The lowest BCUT2D eigenvalue weighted by Gasteiger charge is -2.43. The molecule has 1 aromatic heterocycles. The van der Waals surface area contributed by atoms with E-state index in [2.05, 4.69) is 10.2 Å². The third-order valence-electron chi connectivity index (χ3n) is 5.99. The van der Waals surface area contributed by atoms with Crippen LogP contribution in [0.25, 0.3) is 0 Å². The Bertz CT molecular complexity index is 1090. The van der Waals surface area contributed by atoms with Gasteiger partial charge in [-0.3, -0.25) is 9.59 Å². The number of ether oxygens (including phenoxy) is 2. The van der Waals surface area contributed by atoms with Gasteiger partial charge in [-0.2, -0.15) is 0 Å². The van der Waals surface area contributed by atoms with Crippen LogP contribution in [0.4, 0.5) is 0 Å². The van der Waals surface area contributed by atoms with Crippen molar-refractivity contribution in [3.63, 3.8) is 0 Å². The predicted molar refractivity (Wildman–Crippen MR) is 123 cm³/mol. The molecule has 4 heterocycles. The second kappa shape index (κ2) is 8.55. The maximum Gasteiger partial charge on any atom is 0.250 e. The minimum Gasteiger partial charge on any atom is -0.454 e. The Hall–Kier alpha value is -2.52.